The average Bonchev–Trinajstić information content (AvgIpc) is 2.89. The number of hydrogen-bond donors (Lipinski definition) is 1. The Morgan fingerprint density at radius 1 is 1.26 bits per heavy atom. The summed E-state index contributed by atoms with van der Waals surface area (Å²) in [5, 5.41) is 0. The molecule has 0 aromatic heterocycles. The van der Waals surface area contributed by atoms with Gasteiger partial charge < -0.3 is 10.6 Å². The molecule has 19 heavy (non-hydrogen) atoms. The monoisotopic (exact) mass is 267 g/mol. The van der Waals surface area contributed by atoms with Crippen LogP contribution in [0.4, 0.5) is 0 Å². The molecule has 3 nitrogen and oxygen atoms in total. The van der Waals surface area contributed by atoms with Gasteiger partial charge in [0.15, 0.2) is 0 Å². The van der Waals surface area contributed by atoms with Crippen LogP contribution < -0.4 is 5.73 Å². The van der Waals surface area contributed by atoms with Crippen LogP contribution >= 0.6 is 0 Å². The first-order valence-corrected chi connectivity index (χ1v) is 8.12. The maximum absolute atomic E-state index is 6.43. The van der Waals surface area contributed by atoms with E-state index >= 15 is 0 Å². The van der Waals surface area contributed by atoms with Crippen molar-refractivity contribution in [3.05, 3.63) is 0 Å². The first kappa shape index (κ1) is 15.3. The third-order valence-electron chi connectivity index (χ3n) is 5.54. The van der Waals surface area contributed by atoms with Crippen molar-refractivity contribution in [3.8, 4) is 0 Å². The predicted molar refractivity (Wildman–Crippen MR) is 82.2 cm³/mol. The summed E-state index contributed by atoms with van der Waals surface area (Å²) >= 11 is 0. The van der Waals surface area contributed by atoms with Gasteiger partial charge in [-0.25, -0.2) is 0 Å². The summed E-state index contributed by atoms with van der Waals surface area (Å²) in [5.74, 6) is 0.691. The normalized spacial score (nSPS) is 35.4. The highest BCUT2D eigenvalue weighted by Crippen LogP contribution is 2.40. The van der Waals surface area contributed by atoms with Crippen LogP contribution in [-0.2, 0) is 0 Å². The Labute approximate surface area is 119 Å². The number of nitrogens with two attached hydrogens (primary N) is 1. The van der Waals surface area contributed by atoms with Gasteiger partial charge in [0.2, 0.25) is 0 Å². The highest BCUT2D eigenvalue weighted by molar-refractivity contribution is 4.95. The van der Waals surface area contributed by atoms with Gasteiger partial charge in [0.1, 0.15) is 0 Å². The van der Waals surface area contributed by atoms with E-state index in [9.17, 15) is 0 Å². The third-order valence-corrected chi connectivity index (χ3v) is 5.54. The largest absolute Gasteiger partial charge is 0.327 e. The second-order valence-corrected chi connectivity index (χ2v) is 7.46. The summed E-state index contributed by atoms with van der Waals surface area (Å²) in [6.45, 7) is 11.8. The van der Waals surface area contributed by atoms with Crippen LogP contribution in [0.5, 0.6) is 0 Å². The second-order valence-electron chi connectivity index (χ2n) is 7.46. The highest BCUT2D eigenvalue weighted by atomic mass is 15.2. The zero-order chi connectivity index (χ0) is 14.0. The van der Waals surface area contributed by atoms with Crippen LogP contribution in [0.2, 0.25) is 0 Å². The summed E-state index contributed by atoms with van der Waals surface area (Å²) in [7, 11) is 2.28. The molecule has 1 saturated carbocycles. The molecule has 3 unspecified atom stereocenters. The lowest BCUT2D eigenvalue weighted by atomic mass is 9.85. The van der Waals surface area contributed by atoms with E-state index in [0.717, 1.165) is 6.04 Å². The summed E-state index contributed by atoms with van der Waals surface area (Å²) < 4.78 is 0. The first-order chi connectivity index (χ1) is 8.94. The highest BCUT2D eigenvalue weighted by Gasteiger charge is 2.39. The molecular formula is C16H33N3. The van der Waals surface area contributed by atoms with Gasteiger partial charge in [0.25, 0.3) is 0 Å². The van der Waals surface area contributed by atoms with Crippen molar-refractivity contribution in [3.63, 3.8) is 0 Å². The molecule has 3 atom stereocenters. The van der Waals surface area contributed by atoms with Crippen LogP contribution in [0.1, 0.15) is 46.5 Å². The Morgan fingerprint density at radius 2 is 2.00 bits per heavy atom. The smallest absolute Gasteiger partial charge is 0.0223 e. The Balaban J connectivity index is 1.80. The van der Waals surface area contributed by atoms with Crippen LogP contribution in [-0.4, -0.2) is 55.1 Å². The molecule has 1 aliphatic heterocycles. The lowest BCUT2D eigenvalue weighted by molar-refractivity contribution is 0.173. The number of rotatable bonds is 5. The molecule has 0 radical (unpaired) electrons. The zero-order valence-electron chi connectivity index (χ0n) is 13.4. The summed E-state index contributed by atoms with van der Waals surface area (Å²) in [6, 6.07) is 1.15. The van der Waals surface area contributed by atoms with E-state index in [1.54, 1.807) is 0 Å². The van der Waals surface area contributed by atoms with Gasteiger partial charge in [-0.15, -0.1) is 0 Å². The molecule has 2 aliphatic rings. The van der Waals surface area contributed by atoms with E-state index in [-0.39, 0.29) is 0 Å². The molecule has 112 valence electrons. The van der Waals surface area contributed by atoms with Gasteiger partial charge >= 0.3 is 0 Å². The predicted octanol–water partition coefficient (Wildman–Crippen LogP) is 2.17. The lowest BCUT2D eigenvalue weighted by Crippen LogP contribution is -2.44. The summed E-state index contributed by atoms with van der Waals surface area (Å²) in [5.41, 5.74) is 6.77. The fraction of sp³-hybridized carbons (Fsp3) is 1.00. The van der Waals surface area contributed by atoms with E-state index in [0.29, 0.717) is 17.4 Å². The average molecular weight is 267 g/mol. The van der Waals surface area contributed by atoms with Crippen molar-refractivity contribution in [1.82, 2.24) is 9.80 Å². The lowest BCUT2D eigenvalue weighted by Gasteiger charge is -2.32. The molecule has 0 spiro atoms. The standard InChI is InChI=1S/C16H33N3/c1-5-19-10-6-7-14(19)12-18(4)11-13-8-9-16(2,3)15(13)17/h13-15H,5-12,17H2,1-4H3. The molecule has 0 amide bonds. The van der Waals surface area contributed by atoms with Gasteiger partial charge in [-0.2, -0.15) is 0 Å². The minimum Gasteiger partial charge on any atom is -0.327 e. The Bertz CT molecular complexity index is 290. The third kappa shape index (κ3) is 3.50. The van der Waals surface area contributed by atoms with Crippen molar-refractivity contribution in [2.24, 2.45) is 17.1 Å². The molecule has 1 saturated heterocycles. The van der Waals surface area contributed by atoms with Gasteiger partial charge in [-0.05, 0) is 57.2 Å². The van der Waals surface area contributed by atoms with E-state index in [4.69, 9.17) is 5.73 Å². The Kier molecular flexibility index (Phi) is 4.91. The van der Waals surface area contributed by atoms with E-state index in [2.05, 4.69) is 37.6 Å². The molecule has 0 aromatic carbocycles. The SMILES string of the molecule is CCN1CCCC1CN(C)CC1CCC(C)(C)C1N. The fourth-order valence-corrected chi connectivity index (χ4v) is 4.10. The van der Waals surface area contributed by atoms with Crippen molar-refractivity contribution < 1.29 is 0 Å². The van der Waals surface area contributed by atoms with Crippen LogP contribution in [0, 0.1) is 11.3 Å². The number of hydrogen-bond acceptors (Lipinski definition) is 3. The van der Waals surface area contributed by atoms with E-state index in [1.807, 2.05) is 0 Å². The van der Waals surface area contributed by atoms with Gasteiger partial charge in [0, 0.05) is 25.2 Å². The zero-order valence-corrected chi connectivity index (χ0v) is 13.4. The number of nitrogens with zero attached hydrogens (tertiary/aromatic N) is 2. The van der Waals surface area contributed by atoms with Crippen LogP contribution in [0.3, 0.4) is 0 Å². The topological polar surface area (TPSA) is 32.5 Å². The van der Waals surface area contributed by atoms with Gasteiger partial charge in [-0.3, -0.25) is 4.90 Å². The first-order valence-electron chi connectivity index (χ1n) is 8.12. The second kappa shape index (κ2) is 6.11. The van der Waals surface area contributed by atoms with Crippen molar-refractivity contribution >= 4 is 0 Å². The number of likely N-dealkylation sites (tertiary alicyclic amines) is 1. The quantitative estimate of drug-likeness (QED) is 0.828. The van der Waals surface area contributed by atoms with E-state index in [1.165, 1.54) is 51.9 Å². The van der Waals surface area contributed by atoms with Gasteiger partial charge in [0.05, 0.1) is 0 Å². The Hall–Kier alpha value is -0.120. The minimum atomic E-state index is 0.342. The van der Waals surface area contributed by atoms with Crippen LogP contribution in [0.25, 0.3) is 0 Å². The summed E-state index contributed by atoms with van der Waals surface area (Å²) in [6.07, 6.45) is 5.35. The van der Waals surface area contributed by atoms with Crippen LogP contribution in [0.15, 0.2) is 0 Å². The molecule has 3 heteroatoms. The minimum absolute atomic E-state index is 0.342. The molecule has 2 N–H and O–H groups in total. The molecule has 2 fully saturated rings. The molecule has 0 bridgehead atoms. The molecule has 0 aromatic rings. The maximum Gasteiger partial charge on any atom is 0.0223 e. The van der Waals surface area contributed by atoms with Crippen molar-refractivity contribution in [2.75, 3.05) is 33.2 Å². The fourth-order valence-electron chi connectivity index (χ4n) is 4.10. The molecule has 2 rings (SSSR count). The Morgan fingerprint density at radius 3 is 2.58 bits per heavy atom. The maximum atomic E-state index is 6.43. The summed E-state index contributed by atoms with van der Waals surface area (Å²) in [4.78, 5) is 5.17. The number of likely N-dealkylation sites (N-methyl/N-ethyl adjacent to an activating group) is 2. The van der Waals surface area contributed by atoms with Crippen molar-refractivity contribution in [1.29, 1.82) is 0 Å². The molecule has 1 aliphatic carbocycles. The van der Waals surface area contributed by atoms with E-state index < -0.39 is 0 Å². The molecular weight excluding hydrogens is 234 g/mol. The van der Waals surface area contributed by atoms with Gasteiger partial charge in [-0.1, -0.05) is 20.8 Å². The molecule has 1 heterocycles. The van der Waals surface area contributed by atoms with Crippen molar-refractivity contribution in [2.45, 2.75) is 58.5 Å².